The van der Waals surface area contributed by atoms with Gasteiger partial charge in [-0.2, -0.15) is 5.26 Å². The molecule has 0 spiro atoms. The lowest BCUT2D eigenvalue weighted by atomic mass is 10.1. The zero-order valence-electron chi connectivity index (χ0n) is 15.4. The Morgan fingerprint density at radius 2 is 2.04 bits per heavy atom. The topological polar surface area (TPSA) is 92.1 Å². The SMILES string of the molecule is Cc1ccccc1Oc1ccc2nc(CC(=O)CCC(=O)NCC#N)sc2c1. The summed E-state index contributed by atoms with van der Waals surface area (Å²) < 4.78 is 6.89. The average Bonchev–Trinajstić information content (AvgIpc) is 3.08. The fourth-order valence-corrected chi connectivity index (χ4v) is 3.65. The van der Waals surface area contributed by atoms with Gasteiger partial charge in [-0.3, -0.25) is 9.59 Å². The lowest BCUT2D eigenvalue weighted by molar-refractivity contribution is -0.125. The number of fused-ring (bicyclic) bond motifs is 1. The Kier molecular flexibility index (Phi) is 6.35. The standard InChI is InChI=1S/C21H19N3O3S/c1-14-4-2-3-5-18(14)27-16-7-8-17-19(13-16)28-21(24-17)12-15(25)6-9-20(26)23-11-10-22/h2-5,7-8,13H,6,9,11-12H2,1H3,(H,23,26). The smallest absolute Gasteiger partial charge is 0.221 e. The van der Waals surface area contributed by atoms with E-state index in [1.807, 2.05) is 55.5 Å². The van der Waals surface area contributed by atoms with Gasteiger partial charge in [-0.05, 0) is 30.7 Å². The first-order chi connectivity index (χ1) is 13.5. The van der Waals surface area contributed by atoms with Crippen LogP contribution < -0.4 is 10.1 Å². The molecular weight excluding hydrogens is 374 g/mol. The second-order valence-electron chi connectivity index (χ2n) is 6.25. The highest BCUT2D eigenvalue weighted by Crippen LogP contribution is 2.30. The number of nitriles is 1. The minimum absolute atomic E-state index is 0.0438. The van der Waals surface area contributed by atoms with Crippen LogP contribution in [-0.2, 0) is 16.0 Å². The molecule has 0 saturated heterocycles. The Morgan fingerprint density at radius 3 is 2.82 bits per heavy atom. The molecule has 142 valence electrons. The zero-order chi connectivity index (χ0) is 19.9. The lowest BCUT2D eigenvalue weighted by Gasteiger charge is -2.07. The molecule has 0 fully saturated rings. The molecule has 7 heteroatoms. The Labute approximate surface area is 166 Å². The van der Waals surface area contributed by atoms with Crippen LogP contribution in [0.1, 0.15) is 23.4 Å². The van der Waals surface area contributed by atoms with E-state index in [-0.39, 0.29) is 37.5 Å². The van der Waals surface area contributed by atoms with Gasteiger partial charge >= 0.3 is 0 Å². The number of ether oxygens (including phenoxy) is 1. The van der Waals surface area contributed by atoms with Gasteiger partial charge in [-0.1, -0.05) is 18.2 Å². The molecule has 0 radical (unpaired) electrons. The van der Waals surface area contributed by atoms with Crippen molar-refractivity contribution in [1.29, 1.82) is 5.26 Å². The van der Waals surface area contributed by atoms with Gasteiger partial charge in [0.05, 0.1) is 22.7 Å². The molecule has 28 heavy (non-hydrogen) atoms. The van der Waals surface area contributed by atoms with Gasteiger partial charge in [-0.15, -0.1) is 11.3 Å². The summed E-state index contributed by atoms with van der Waals surface area (Å²) in [5.41, 5.74) is 1.87. The van der Waals surface area contributed by atoms with Gasteiger partial charge in [0.2, 0.25) is 5.91 Å². The van der Waals surface area contributed by atoms with Crippen LogP contribution in [0, 0.1) is 18.3 Å². The highest BCUT2D eigenvalue weighted by Gasteiger charge is 2.12. The number of Topliss-reactive ketones (excluding diaryl/α,β-unsaturated/α-hetero) is 1. The number of carbonyl (C=O) groups excluding carboxylic acids is 2. The number of hydrogen-bond acceptors (Lipinski definition) is 6. The van der Waals surface area contributed by atoms with E-state index in [4.69, 9.17) is 10.00 Å². The minimum Gasteiger partial charge on any atom is -0.457 e. The molecule has 0 atom stereocenters. The molecule has 1 heterocycles. The van der Waals surface area contributed by atoms with E-state index in [0.717, 1.165) is 27.3 Å². The van der Waals surface area contributed by atoms with E-state index in [1.165, 1.54) is 11.3 Å². The molecular formula is C21H19N3O3S. The molecule has 1 amide bonds. The van der Waals surface area contributed by atoms with E-state index in [9.17, 15) is 9.59 Å². The van der Waals surface area contributed by atoms with Crippen molar-refractivity contribution < 1.29 is 14.3 Å². The molecule has 0 aliphatic heterocycles. The molecule has 1 N–H and O–H groups in total. The van der Waals surface area contributed by atoms with Crippen LogP contribution in [0.25, 0.3) is 10.2 Å². The first-order valence-corrected chi connectivity index (χ1v) is 9.65. The number of ketones is 1. The van der Waals surface area contributed by atoms with Gasteiger partial charge in [-0.25, -0.2) is 4.98 Å². The number of aryl methyl sites for hydroxylation is 1. The van der Waals surface area contributed by atoms with Crippen molar-refractivity contribution >= 4 is 33.2 Å². The number of nitrogens with zero attached hydrogens (tertiary/aromatic N) is 2. The molecule has 3 rings (SSSR count). The van der Waals surface area contributed by atoms with Crippen molar-refractivity contribution in [1.82, 2.24) is 10.3 Å². The van der Waals surface area contributed by atoms with Crippen molar-refractivity contribution in [3.05, 3.63) is 53.0 Å². The average molecular weight is 393 g/mol. The zero-order valence-corrected chi connectivity index (χ0v) is 16.2. The Balaban J connectivity index is 1.63. The van der Waals surface area contributed by atoms with Crippen LogP contribution in [0.15, 0.2) is 42.5 Å². The highest BCUT2D eigenvalue weighted by atomic mass is 32.1. The third kappa shape index (κ3) is 5.15. The maximum Gasteiger partial charge on any atom is 0.221 e. The Morgan fingerprint density at radius 1 is 1.21 bits per heavy atom. The Bertz CT molecular complexity index is 1050. The van der Waals surface area contributed by atoms with Gasteiger partial charge < -0.3 is 10.1 Å². The van der Waals surface area contributed by atoms with E-state index in [2.05, 4.69) is 10.3 Å². The van der Waals surface area contributed by atoms with Crippen LogP contribution in [-0.4, -0.2) is 23.2 Å². The summed E-state index contributed by atoms with van der Waals surface area (Å²) in [6, 6.07) is 15.3. The van der Waals surface area contributed by atoms with Crippen LogP contribution in [0.4, 0.5) is 0 Å². The van der Waals surface area contributed by atoms with Crippen LogP contribution >= 0.6 is 11.3 Å². The number of rotatable bonds is 8. The maximum atomic E-state index is 12.1. The van der Waals surface area contributed by atoms with E-state index >= 15 is 0 Å². The molecule has 0 unspecified atom stereocenters. The normalized spacial score (nSPS) is 10.4. The van der Waals surface area contributed by atoms with Crippen molar-refractivity contribution in [3.63, 3.8) is 0 Å². The van der Waals surface area contributed by atoms with Crippen LogP contribution in [0.5, 0.6) is 11.5 Å². The number of thiazole rings is 1. The summed E-state index contributed by atoms with van der Waals surface area (Å²) in [7, 11) is 0. The molecule has 1 aromatic heterocycles. The minimum atomic E-state index is -0.294. The Hall–Kier alpha value is -3.24. The number of hydrogen-bond donors (Lipinski definition) is 1. The largest absolute Gasteiger partial charge is 0.457 e. The number of aromatic nitrogens is 1. The fraction of sp³-hybridized carbons (Fsp3) is 0.238. The molecule has 0 saturated carbocycles. The van der Waals surface area contributed by atoms with Gasteiger partial charge in [0, 0.05) is 18.9 Å². The maximum absolute atomic E-state index is 12.1. The summed E-state index contributed by atoms with van der Waals surface area (Å²) in [5.74, 6) is 1.17. The summed E-state index contributed by atoms with van der Waals surface area (Å²) in [6.45, 7) is 1.95. The second kappa shape index (κ2) is 9.11. The van der Waals surface area contributed by atoms with E-state index in [1.54, 1.807) is 0 Å². The predicted molar refractivity (Wildman–Crippen MR) is 107 cm³/mol. The van der Waals surface area contributed by atoms with Gasteiger partial charge in [0.15, 0.2) is 0 Å². The number of carbonyl (C=O) groups is 2. The van der Waals surface area contributed by atoms with Crippen molar-refractivity contribution in [2.24, 2.45) is 0 Å². The molecule has 3 aromatic rings. The molecule has 0 aliphatic carbocycles. The van der Waals surface area contributed by atoms with E-state index in [0.29, 0.717) is 5.01 Å². The molecule has 0 bridgehead atoms. The number of benzene rings is 2. The van der Waals surface area contributed by atoms with Crippen molar-refractivity contribution in [2.75, 3.05) is 6.54 Å². The van der Waals surface area contributed by atoms with Crippen molar-refractivity contribution in [3.8, 4) is 17.6 Å². The number of para-hydroxylation sites is 1. The molecule has 6 nitrogen and oxygen atoms in total. The summed E-state index contributed by atoms with van der Waals surface area (Å²) in [6.07, 6.45) is 0.410. The van der Waals surface area contributed by atoms with Crippen LogP contribution in [0.3, 0.4) is 0 Å². The lowest BCUT2D eigenvalue weighted by Crippen LogP contribution is -2.24. The predicted octanol–water partition coefficient (Wildman–Crippen LogP) is 3.93. The van der Waals surface area contributed by atoms with Gasteiger partial charge in [0.1, 0.15) is 28.8 Å². The van der Waals surface area contributed by atoms with Crippen molar-refractivity contribution in [2.45, 2.75) is 26.2 Å². The highest BCUT2D eigenvalue weighted by molar-refractivity contribution is 7.18. The number of nitrogens with one attached hydrogen (secondary N) is 1. The third-order valence-corrected chi connectivity index (χ3v) is 5.09. The first kappa shape index (κ1) is 19.5. The summed E-state index contributed by atoms with van der Waals surface area (Å²) >= 11 is 1.45. The summed E-state index contributed by atoms with van der Waals surface area (Å²) in [5, 5.41) is 11.6. The number of amides is 1. The molecule has 0 aliphatic rings. The van der Waals surface area contributed by atoms with Gasteiger partial charge in [0.25, 0.3) is 0 Å². The van der Waals surface area contributed by atoms with E-state index < -0.39 is 0 Å². The van der Waals surface area contributed by atoms with Crippen LogP contribution in [0.2, 0.25) is 0 Å². The third-order valence-electron chi connectivity index (χ3n) is 4.07. The summed E-state index contributed by atoms with van der Waals surface area (Å²) in [4.78, 5) is 28.1. The second-order valence-corrected chi connectivity index (χ2v) is 7.37. The first-order valence-electron chi connectivity index (χ1n) is 8.83. The quantitative estimate of drug-likeness (QED) is 0.586. The molecule has 2 aromatic carbocycles. The monoisotopic (exact) mass is 393 g/mol. The fourth-order valence-electron chi connectivity index (χ4n) is 2.63.